The topological polar surface area (TPSA) is 88.3 Å². The number of rotatable bonds is 3. The molecule has 2 N–H and O–H groups in total. The maximum atomic E-state index is 13.3. The molecule has 6 nitrogen and oxygen atoms in total. The van der Waals surface area contributed by atoms with Crippen LogP contribution in [0.3, 0.4) is 0 Å². The molecule has 2 aliphatic rings. The Morgan fingerprint density at radius 2 is 1.97 bits per heavy atom. The fourth-order valence-electron chi connectivity index (χ4n) is 4.21. The molecule has 1 aromatic heterocycles. The maximum absolute atomic E-state index is 13.3. The van der Waals surface area contributed by atoms with Crippen molar-refractivity contribution in [2.45, 2.75) is 24.3 Å². The number of aryl methyl sites for hydroxylation is 1. The average Bonchev–Trinajstić information content (AvgIpc) is 3.10. The van der Waals surface area contributed by atoms with Gasteiger partial charge in [-0.15, -0.1) is 11.8 Å². The molecule has 152 valence electrons. The van der Waals surface area contributed by atoms with E-state index in [9.17, 15) is 14.4 Å². The third-order valence-corrected chi connectivity index (χ3v) is 8.01. The number of hydrogen-bond acceptors (Lipinski definition) is 6. The number of aromatic nitrogens is 1. The Kier molecular flexibility index (Phi) is 4.56. The van der Waals surface area contributed by atoms with Crippen LogP contribution in [0.5, 0.6) is 5.75 Å². The summed E-state index contributed by atoms with van der Waals surface area (Å²) in [5, 5.41) is 3.71. The Labute approximate surface area is 180 Å². The van der Waals surface area contributed by atoms with Gasteiger partial charge in [0, 0.05) is 34.2 Å². The maximum Gasteiger partial charge on any atom is 0.319 e. The van der Waals surface area contributed by atoms with Crippen LogP contribution in [0.2, 0.25) is 0 Å². The van der Waals surface area contributed by atoms with Crippen molar-refractivity contribution in [3.63, 3.8) is 0 Å². The summed E-state index contributed by atoms with van der Waals surface area (Å²) in [6, 6.07) is 14.9. The molecule has 2 aliphatic heterocycles. The van der Waals surface area contributed by atoms with E-state index in [4.69, 9.17) is 4.74 Å². The highest BCUT2D eigenvalue weighted by Gasteiger charge is 2.57. The van der Waals surface area contributed by atoms with Crippen LogP contribution in [0.4, 0.5) is 5.69 Å². The number of fused-ring (bicyclic) bond motifs is 5. The van der Waals surface area contributed by atoms with E-state index in [0.717, 1.165) is 38.1 Å². The smallest absolute Gasteiger partial charge is 0.319 e. The zero-order valence-electron chi connectivity index (χ0n) is 16.1. The van der Waals surface area contributed by atoms with Gasteiger partial charge in [-0.3, -0.25) is 14.4 Å². The van der Waals surface area contributed by atoms with Crippen molar-refractivity contribution in [2.24, 2.45) is 5.41 Å². The molecule has 1 amide bonds. The Hall–Kier alpha value is -2.84. The molecule has 2 atom stereocenters. The number of anilines is 1. The average molecular weight is 439 g/mol. The van der Waals surface area contributed by atoms with Gasteiger partial charge in [0.25, 0.3) is 0 Å². The number of carbonyl (C=O) groups excluding carboxylic acids is 2. The van der Waals surface area contributed by atoms with Crippen molar-refractivity contribution in [1.29, 1.82) is 0 Å². The minimum atomic E-state index is -1.08. The van der Waals surface area contributed by atoms with Crippen LogP contribution in [0.15, 0.2) is 58.4 Å². The van der Waals surface area contributed by atoms with Gasteiger partial charge in [-0.2, -0.15) is 0 Å². The number of para-hydroxylation sites is 2. The van der Waals surface area contributed by atoms with Gasteiger partial charge in [0.2, 0.25) is 5.91 Å². The normalized spacial score (nSPS) is 21.8. The summed E-state index contributed by atoms with van der Waals surface area (Å²) in [7, 11) is 0. The molecule has 0 unspecified atom stereocenters. The number of ether oxygens (including phenoxy) is 1. The largest absolute Gasteiger partial charge is 0.426 e. The third-order valence-electron chi connectivity index (χ3n) is 5.67. The van der Waals surface area contributed by atoms with Crippen molar-refractivity contribution in [1.82, 2.24) is 4.98 Å². The minimum absolute atomic E-state index is 0.0301. The molecular weight excluding hydrogens is 420 g/mol. The van der Waals surface area contributed by atoms with Crippen LogP contribution >= 0.6 is 23.1 Å². The summed E-state index contributed by atoms with van der Waals surface area (Å²) in [5.74, 6) is -0.243. The first-order valence-electron chi connectivity index (χ1n) is 9.50. The summed E-state index contributed by atoms with van der Waals surface area (Å²) < 4.78 is 5.69. The molecule has 3 aromatic rings. The molecule has 0 saturated carbocycles. The van der Waals surface area contributed by atoms with E-state index >= 15 is 0 Å². The van der Waals surface area contributed by atoms with Crippen LogP contribution < -0.4 is 14.9 Å². The monoisotopic (exact) mass is 438 g/mol. The van der Waals surface area contributed by atoms with Crippen LogP contribution in [0.25, 0.3) is 0 Å². The summed E-state index contributed by atoms with van der Waals surface area (Å²) in [4.78, 5) is 41.9. The highest BCUT2D eigenvalue weighted by molar-refractivity contribution is 7.99. The first-order chi connectivity index (χ1) is 14.5. The van der Waals surface area contributed by atoms with E-state index in [1.807, 2.05) is 49.4 Å². The predicted molar refractivity (Wildman–Crippen MR) is 116 cm³/mol. The molecule has 8 heteroatoms. The number of benzene rings is 2. The number of carbonyl (C=O) groups is 2. The van der Waals surface area contributed by atoms with Gasteiger partial charge in [0.15, 0.2) is 0 Å². The van der Waals surface area contributed by atoms with Gasteiger partial charge in [-0.25, -0.2) is 0 Å². The number of thiazole rings is 1. The molecule has 0 fully saturated rings. The summed E-state index contributed by atoms with van der Waals surface area (Å²) >= 11 is 2.50. The summed E-state index contributed by atoms with van der Waals surface area (Å²) in [5.41, 5.74) is 1.41. The van der Waals surface area contributed by atoms with Gasteiger partial charge in [-0.05, 0) is 24.6 Å². The molecular formula is C22H18N2O4S2. The van der Waals surface area contributed by atoms with E-state index in [1.54, 1.807) is 6.07 Å². The third kappa shape index (κ3) is 2.98. The van der Waals surface area contributed by atoms with E-state index < -0.39 is 17.3 Å². The van der Waals surface area contributed by atoms with E-state index in [1.165, 1.54) is 11.8 Å². The van der Waals surface area contributed by atoms with Gasteiger partial charge in [-0.1, -0.05) is 47.7 Å². The van der Waals surface area contributed by atoms with Crippen LogP contribution in [0.1, 0.15) is 28.3 Å². The van der Waals surface area contributed by atoms with Crippen molar-refractivity contribution in [3.05, 3.63) is 74.2 Å². The number of hydrogen-bond donors (Lipinski definition) is 2. The van der Waals surface area contributed by atoms with Crippen molar-refractivity contribution in [2.75, 3.05) is 11.1 Å². The molecule has 0 radical (unpaired) electrons. The van der Waals surface area contributed by atoms with E-state index in [0.29, 0.717) is 11.5 Å². The summed E-state index contributed by atoms with van der Waals surface area (Å²) in [6.07, 6.45) is -0.0301. The van der Waals surface area contributed by atoms with E-state index in [-0.39, 0.29) is 17.2 Å². The first kappa shape index (κ1) is 19.1. The molecule has 0 spiro atoms. The Balaban J connectivity index is 1.58. The van der Waals surface area contributed by atoms with Crippen molar-refractivity contribution < 1.29 is 14.3 Å². The standard InChI is InChI=1S/C22H18N2O4S2/c1-12-6-2-4-8-14(12)23-16(25)10-22-11-29-19-18(30-21(27)24-19)17(22)13-7-3-5-9-15(13)28-20(22)26/h2-9,17H,10-11H2,1H3,(H,23,25)(H,24,27)/t17-,22-/m0/s1. The summed E-state index contributed by atoms with van der Waals surface area (Å²) in [6.45, 7) is 1.92. The highest BCUT2D eigenvalue weighted by atomic mass is 32.2. The molecule has 2 aromatic carbocycles. The Bertz CT molecular complexity index is 1230. The molecule has 30 heavy (non-hydrogen) atoms. The molecule has 3 heterocycles. The fourth-order valence-corrected chi connectivity index (χ4v) is 6.75. The van der Waals surface area contributed by atoms with Gasteiger partial charge in [0.1, 0.15) is 5.75 Å². The lowest BCUT2D eigenvalue weighted by Crippen LogP contribution is -2.49. The zero-order valence-corrected chi connectivity index (χ0v) is 17.7. The number of H-pyrrole nitrogens is 1. The predicted octanol–water partition coefficient (Wildman–Crippen LogP) is 3.92. The van der Waals surface area contributed by atoms with Crippen LogP contribution in [-0.2, 0) is 9.59 Å². The lowest BCUT2D eigenvalue weighted by Gasteiger charge is -2.44. The van der Waals surface area contributed by atoms with Crippen LogP contribution in [-0.4, -0.2) is 22.6 Å². The number of amides is 1. The van der Waals surface area contributed by atoms with Crippen LogP contribution in [0, 0.1) is 12.3 Å². The number of nitrogens with one attached hydrogen (secondary N) is 2. The van der Waals surface area contributed by atoms with E-state index in [2.05, 4.69) is 10.3 Å². The Morgan fingerprint density at radius 3 is 2.80 bits per heavy atom. The highest BCUT2D eigenvalue weighted by Crippen LogP contribution is 2.58. The lowest BCUT2D eigenvalue weighted by molar-refractivity contribution is -0.149. The first-order valence-corrected chi connectivity index (χ1v) is 11.3. The second-order valence-electron chi connectivity index (χ2n) is 7.55. The molecule has 0 aliphatic carbocycles. The van der Waals surface area contributed by atoms with Gasteiger partial charge in [0.05, 0.1) is 10.4 Å². The van der Waals surface area contributed by atoms with Crippen molar-refractivity contribution in [3.8, 4) is 5.75 Å². The molecule has 5 rings (SSSR count). The fraction of sp³-hybridized carbons (Fsp3) is 0.227. The number of thioether (sulfide) groups is 1. The number of esters is 1. The van der Waals surface area contributed by atoms with Crippen molar-refractivity contribution >= 4 is 40.7 Å². The molecule has 0 bridgehead atoms. The lowest BCUT2D eigenvalue weighted by atomic mass is 9.68. The SMILES string of the molecule is Cc1ccccc1NC(=O)C[C@]12CSc3[nH]c(=O)sc3[C@@H]1c1ccccc1OC2=O. The quantitative estimate of drug-likeness (QED) is 0.478. The van der Waals surface area contributed by atoms with Gasteiger partial charge >= 0.3 is 10.8 Å². The minimum Gasteiger partial charge on any atom is -0.426 e. The second-order valence-corrected chi connectivity index (χ2v) is 9.55. The zero-order chi connectivity index (χ0) is 20.9. The number of aromatic amines is 1. The van der Waals surface area contributed by atoms with Gasteiger partial charge < -0.3 is 15.0 Å². The Morgan fingerprint density at radius 1 is 1.20 bits per heavy atom. The molecule has 0 saturated heterocycles. The second kappa shape index (κ2) is 7.14.